The SMILES string of the molecule is CCOC(=O)C1(NCC(=O)OC(C)(C)C)Cc2ccccc2C1. The van der Waals surface area contributed by atoms with Gasteiger partial charge in [0, 0.05) is 12.8 Å². The summed E-state index contributed by atoms with van der Waals surface area (Å²) in [4.78, 5) is 24.5. The summed E-state index contributed by atoms with van der Waals surface area (Å²) in [5.74, 6) is -0.697. The molecule has 5 nitrogen and oxygen atoms in total. The maximum absolute atomic E-state index is 12.5. The Morgan fingerprint density at radius 3 is 2.22 bits per heavy atom. The van der Waals surface area contributed by atoms with Crippen molar-refractivity contribution in [3.63, 3.8) is 0 Å². The minimum atomic E-state index is -0.892. The van der Waals surface area contributed by atoms with E-state index in [1.165, 1.54) is 0 Å². The van der Waals surface area contributed by atoms with Crippen LogP contribution in [0.4, 0.5) is 0 Å². The summed E-state index contributed by atoms with van der Waals surface area (Å²) in [6.07, 6.45) is 1.04. The van der Waals surface area contributed by atoms with Crippen molar-refractivity contribution in [3.05, 3.63) is 35.4 Å². The quantitative estimate of drug-likeness (QED) is 0.841. The molecule has 0 saturated heterocycles. The van der Waals surface area contributed by atoms with Gasteiger partial charge in [-0.05, 0) is 38.8 Å². The first-order chi connectivity index (χ1) is 10.8. The largest absolute Gasteiger partial charge is 0.465 e. The Balaban J connectivity index is 2.11. The van der Waals surface area contributed by atoms with Crippen molar-refractivity contribution in [1.82, 2.24) is 5.32 Å². The number of ether oxygens (including phenoxy) is 2. The number of carbonyl (C=O) groups is 2. The van der Waals surface area contributed by atoms with E-state index in [-0.39, 0.29) is 18.5 Å². The Labute approximate surface area is 137 Å². The van der Waals surface area contributed by atoms with Crippen molar-refractivity contribution >= 4 is 11.9 Å². The molecule has 1 aliphatic carbocycles. The number of carbonyl (C=O) groups excluding carboxylic acids is 2. The molecule has 0 saturated carbocycles. The number of benzene rings is 1. The van der Waals surface area contributed by atoms with Gasteiger partial charge < -0.3 is 9.47 Å². The second-order valence-electron chi connectivity index (χ2n) is 6.86. The number of fused-ring (bicyclic) bond motifs is 1. The lowest BCUT2D eigenvalue weighted by molar-refractivity contribution is -0.156. The van der Waals surface area contributed by atoms with E-state index in [1.54, 1.807) is 6.92 Å². The van der Waals surface area contributed by atoms with Crippen molar-refractivity contribution < 1.29 is 19.1 Å². The molecule has 1 N–H and O–H groups in total. The van der Waals surface area contributed by atoms with Gasteiger partial charge in [-0.3, -0.25) is 14.9 Å². The zero-order chi connectivity index (χ0) is 17.1. The summed E-state index contributed by atoms with van der Waals surface area (Å²) in [7, 11) is 0. The zero-order valence-electron chi connectivity index (χ0n) is 14.3. The zero-order valence-corrected chi connectivity index (χ0v) is 14.3. The van der Waals surface area contributed by atoms with Gasteiger partial charge in [-0.15, -0.1) is 0 Å². The Morgan fingerprint density at radius 1 is 1.17 bits per heavy atom. The first-order valence-electron chi connectivity index (χ1n) is 7.97. The lowest BCUT2D eigenvalue weighted by atomic mass is 9.95. The molecular weight excluding hydrogens is 294 g/mol. The van der Waals surface area contributed by atoms with Crippen LogP contribution in [-0.2, 0) is 31.9 Å². The van der Waals surface area contributed by atoms with Gasteiger partial charge in [0.1, 0.15) is 11.1 Å². The van der Waals surface area contributed by atoms with E-state index in [9.17, 15) is 9.59 Å². The van der Waals surface area contributed by atoms with Gasteiger partial charge in [-0.2, -0.15) is 0 Å². The fourth-order valence-corrected chi connectivity index (χ4v) is 2.84. The van der Waals surface area contributed by atoms with Gasteiger partial charge in [0.25, 0.3) is 0 Å². The minimum absolute atomic E-state index is 0.0237. The highest BCUT2D eigenvalue weighted by Gasteiger charge is 2.45. The normalized spacial score (nSPS) is 15.8. The summed E-state index contributed by atoms with van der Waals surface area (Å²) in [5, 5.41) is 3.10. The third-order valence-corrected chi connectivity index (χ3v) is 3.76. The molecule has 0 amide bonds. The van der Waals surface area contributed by atoms with Crippen LogP contribution < -0.4 is 5.32 Å². The number of hydrogen-bond acceptors (Lipinski definition) is 5. The molecule has 0 aromatic heterocycles. The molecule has 0 aliphatic heterocycles. The van der Waals surface area contributed by atoms with Gasteiger partial charge >= 0.3 is 11.9 Å². The van der Waals surface area contributed by atoms with Gasteiger partial charge in [0.15, 0.2) is 0 Å². The second-order valence-corrected chi connectivity index (χ2v) is 6.86. The Hall–Kier alpha value is -1.88. The van der Waals surface area contributed by atoms with Crippen LogP contribution in [-0.4, -0.2) is 36.2 Å². The highest BCUT2D eigenvalue weighted by atomic mass is 16.6. The molecule has 1 aromatic carbocycles. The molecule has 2 rings (SSSR count). The Kier molecular flexibility index (Phi) is 5.09. The molecule has 23 heavy (non-hydrogen) atoms. The maximum Gasteiger partial charge on any atom is 0.327 e. The molecule has 126 valence electrons. The van der Waals surface area contributed by atoms with Crippen molar-refractivity contribution in [2.45, 2.75) is 51.7 Å². The lowest BCUT2D eigenvalue weighted by Crippen LogP contribution is -2.55. The van der Waals surface area contributed by atoms with Crippen LogP contribution in [0.25, 0.3) is 0 Å². The molecule has 0 spiro atoms. The first-order valence-corrected chi connectivity index (χ1v) is 7.97. The van der Waals surface area contributed by atoms with E-state index in [4.69, 9.17) is 9.47 Å². The predicted octanol–water partition coefficient (Wildman–Crippen LogP) is 2.02. The van der Waals surface area contributed by atoms with Gasteiger partial charge in [0.05, 0.1) is 13.2 Å². The highest BCUT2D eigenvalue weighted by molar-refractivity contribution is 5.84. The molecule has 0 unspecified atom stereocenters. The molecule has 5 heteroatoms. The monoisotopic (exact) mass is 319 g/mol. The van der Waals surface area contributed by atoms with E-state index in [0.29, 0.717) is 19.4 Å². The highest BCUT2D eigenvalue weighted by Crippen LogP contribution is 2.31. The van der Waals surface area contributed by atoms with E-state index in [1.807, 2.05) is 45.0 Å². The first kappa shape index (κ1) is 17.5. The minimum Gasteiger partial charge on any atom is -0.465 e. The smallest absolute Gasteiger partial charge is 0.327 e. The average Bonchev–Trinajstić information content (AvgIpc) is 2.83. The Morgan fingerprint density at radius 2 is 1.74 bits per heavy atom. The second kappa shape index (κ2) is 6.71. The van der Waals surface area contributed by atoms with E-state index >= 15 is 0 Å². The lowest BCUT2D eigenvalue weighted by Gasteiger charge is -2.28. The summed E-state index contributed by atoms with van der Waals surface area (Å²) < 4.78 is 10.5. The van der Waals surface area contributed by atoms with E-state index in [2.05, 4.69) is 5.32 Å². The van der Waals surface area contributed by atoms with Crippen LogP contribution in [0.5, 0.6) is 0 Å². The number of esters is 2. The molecule has 0 fully saturated rings. The molecular formula is C18H25NO4. The summed E-state index contributed by atoms with van der Waals surface area (Å²) >= 11 is 0. The van der Waals surface area contributed by atoms with Crippen LogP contribution in [0.1, 0.15) is 38.8 Å². The summed E-state index contributed by atoms with van der Waals surface area (Å²) in [6.45, 7) is 7.52. The molecule has 0 atom stereocenters. The number of rotatable bonds is 5. The van der Waals surface area contributed by atoms with E-state index in [0.717, 1.165) is 11.1 Å². The van der Waals surface area contributed by atoms with Crippen molar-refractivity contribution in [2.75, 3.05) is 13.2 Å². The van der Waals surface area contributed by atoms with E-state index < -0.39 is 11.1 Å². The van der Waals surface area contributed by atoms with Crippen LogP contribution in [0.15, 0.2) is 24.3 Å². The van der Waals surface area contributed by atoms with Crippen LogP contribution >= 0.6 is 0 Å². The van der Waals surface area contributed by atoms with Crippen LogP contribution in [0.2, 0.25) is 0 Å². The summed E-state index contributed by atoms with van der Waals surface area (Å²) in [6, 6.07) is 7.92. The third kappa shape index (κ3) is 4.32. The van der Waals surface area contributed by atoms with Gasteiger partial charge in [-0.25, -0.2) is 0 Å². The maximum atomic E-state index is 12.5. The topological polar surface area (TPSA) is 64.6 Å². The Bertz CT molecular complexity index is 564. The molecule has 0 radical (unpaired) electrons. The number of hydrogen-bond donors (Lipinski definition) is 1. The molecule has 0 heterocycles. The standard InChI is InChI=1S/C18H25NO4/c1-5-22-16(21)18(19-12-15(20)23-17(2,3)4)10-13-8-6-7-9-14(13)11-18/h6-9,19H,5,10-12H2,1-4H3. The number of nitrogens with one attached hydrogen (secondary N) is 1. The van der Waals surface area contributed by atoms with Crippen molar-refractivity contribution in [3.8, 4) is 0 Å². The van der Waals surface area contributed by atoms with Crippen LogP contribution in [0, 0.1) is 0 Å². The molecule has 0 bridgehead atoms. The fourth-order valence-electron chi connectivity index (χ4n) is 2.84. The van der Waals surface area contributed by atoms with Gasteiger partial charge in [0.2, 0.25) is 0 Å². The third-order valence-electron chi connectivity index (χ3n) is 3.76. The molecule has 1 aromatic rings. The van der Waals surface area contributed by atoms with Crippen molar-refractivity contribution in [1.29, 1.82) is 0 Å². The average molecular weight is 319 g/mol. The molecule has 1 aliphatic rings. The van der Waals surface area contributed by atoms with Crippen molar-refractivity contribution in [2.24, 2.45) is 0 Å². The van der Waals surface area contributed by atoms with Crippen LogP contribution in [0.3, 0.4) is 0 Å². The predicted molar refractivity (Wildman–Crippen MR) is 87.1 cm³/mol. The summed E-state index contributed by atoms with van der Waals surface area (Å²) in [5.41, 5.74) is 0.778. The van der Waals surface area contributed by atoms with Gasteiger partial charge in [-0.1, -0.05) is 24.3 Å². The fraction of sp³-hybridized carbons (Fsp3) is 0.556.